The van der Waals surface area contributed by atoms with Crippen LogP contribution in [-0.2, 0) is 6.54 Å². The number of allylic oxidation sites excluding steroid dienone is 2. The summed E-state index contributed by atoms with van der Waals surface area (Å²) in [5.74, 6) is 2.48. The van der Waals surface area contributed by atoms with Crippen molar-refractivity contribution in [2.75, 3.05) is 13.1 Å². The molecule has 4 rings (SSSR count). The Hall–Kier alpha value is -2.30. The van der Waals surface area contributed by atoms with Crippen LogP contribution >= 0.6 is 0 Å². The van der Waals surface area contributed by atoms with E-state index in [0.717, 1.165) is 31.7 Å². The molecule has 1 aliphatic heterocycles. The predicted molar refractivity (Wildman–Crippen MR) is 81.3 cm³/mol. The van der Waals surface area contributed by atoms with Crippen LogP contribution in [0.1, 0.15) is 29.2 Å². The van der Waals surface area contributed by atoms with Crippen molar-refractivity contribution in [3.8, 4) is 0 Å². The molecule has 1 saturated heterocycles. The van der Waals surface area contributed by atoms with E-state index in [0.29, 0.717) is 24.1 Å². The SMILES string of the molecule is O=C(c1ccc(Cn2ccnc2)o1)N1C[C@H]2CC=CC[C@H]2C1. The Morgan fingerprint density at radius 1 is 1.23 bits per heavy atom. The molecule has 114 valence electrons. The number of imidazole rings is 1. The van der Waals surface area contributed by atoms with Gasteiger partial charge in [-0.3, -0.25) is 4.79 Å². The Morgan fingerprint density at radius 2 is 2.00 bits per heavy atom. The number of likely N-dealkylation sites (tertiary alicyclic amines) is 1. The zero-order chi connectivity index (χ0) is 14.9. The molecule has 2 aliphatic rings. The fourth-order valence-electron chi connectivity index (χ4n) is 3.47. The molecular weight excluding hydrogens is 278 g/mol. The molecule has 0 bridgehead atoms. The van der Waals surface area contributed by atoms with Gasteiger partial charge in [0, 0.05) is 25.5 Å². The molecule has 2 aromatic rings. The Balaban J connectivity index is 1.44. The highest BCUT2D eigenvalue weighted by Gasteiger charge is 2.36. The highest BCUT2D eigenvalue weighted by Crippen LogP contribution is 2.33. The summed E-state index contributed by atoms with van der Waals surface area (Å²) in [4.78, 5) is 18.6. The van der Waals surface area contributed by atoms with E-state index >= 15 is 0 Å². The van der Waals surface area contributed by atoms with E-state index in [1.165, 1.54) is 0 Å². The first-order valence-corrected chi connectivity index (χ1v) is 7.78. The zero-order valence-corrected chi connectivity index (χ0v) is 12.4. The third-order valence-electron chi connectivity index (χ3n) is 4.68. The first-order valence-electron chi connectivity index (χ1n) is 7.78. The Kier molecular flexibility index (Phi) is 3.33. The van der Waals surface area contributed by atoms with Crippen molar-refractivity contribution in [1.29, 1.82) is 0 Å². The largest absolute Gasteiger partial charge is 0.454 e. The molecule has 2 aromatic heterocycles. The lowest BCUT2D eigenvalue weighted by Crippen LogP contribution is -2.28. The summed E-state index contributed by atoms with van der Waals surface area (Å²) in [6.07, 6.45) is 12.0. The molecule has 1 aliphatic carbocycles. The summed E-state index contributed by atoms with van der Waals surface area (Å²) >= 11 is 0. The van der Waals surface area contributed by atoms with E-state index < -0.39 is 0 Å². The molecule has 0 radical (unpaired) electrons. The molecule has 0 aromatic carbocycles. The number of hydrogen-bond donors (Lipinski definition) is 0. The Labute approximate surface area is 129 Å². The lowest BCUT2D eigenvalue weighted by molar-refractivity contribution is 0.0750. The van der Waals surface area contributed by atoms with Gasteiger partial charge in [-0.05, 0) is 36.8 Å². The van der Waals surface area contributed by atoms with E-state index in [2.05, 4.69) is 17.1 Å². The molecule has 3 heterocycles. The van der Waals surface area contributed by atoms with Gasteiger partial charge in [0.25, 0.3) is 5.91 Å². The minimum Gasteiger partial charge on any atom is -0.454 e. The van der Waals surface area contributed by atoms with Crippen LogP contribution in [0, 0.1) is 11.8 Å². The lowest BCUT2D eigenvalue weighted by Gasteiger charge is -2.17. The normalized spacial score (nSPS) is 23.7. The molecule has 0 spiro atoms. The highest BCUT2D eigenvalue weighted by molar-refractivity contribution is 5.91. The maximum Gasteiger partial charge on any atom is 0.289 e. The average Bonchev–Trinajstić information content (AvgIpc) is 3.27. The molecule has 1 amide bonds. The van der Waals surface area contributed by atoms with Gasteiger partial charge in [-0.25, -0.2) is 4.98 Å². The monoisotopic (exact) mass is 297 g/mol. The third kappa shape index (κ3) is 2.47. The number of aromatic nitrogens is 2. The quantitative estimate of drug-likeness (QED) is 0.818. The molecule has 5 heteroatoms. The van der Waals surface area contributed by atoms with Gasteiger partial charge in [-0.1, -0.05) is 12.2 Å². The van der Waals surface area contributed by atoms with Gasteiger partial charge in [0.2, 0.25) is 0 Å². The Bertz CT molecular complexity index is 671. The summed E-state index contributed by atoms with van der Waals surface area (Å²) in [5, 5.41) is 0. The van der Waals surface area contributed by atoms with E-state index in [-0.39, 0.29) is 5.91 Å². The van der Waals surface area contributed by atoms with E-state index in [4.69, 9.17) is 4.42 Å². The van der Waals surface area contributed by atoms with Crippen LogP contribution in [0.3, 0.4) is 0 Å². The van der Waals surface area contributed by atoms with Crippen LogP contribution in [-0.4, -0.2) is 33.4 Å². The number of nitrogens with zero attached hydrogens (tertiary/aromatic N) is 3. The molecule has 1 fully saturated rings. The van der Waals surface area contributed by atoms with Gasteiger partial charge < -0.3 is 13.9 Å². The van der Waals surface area contributed by atoms with Crippen molar-refractivity contribution in [2.45, 2.75) is 19.4 Å². The summed E-state index contributed by atoms with van der Waals surface area (Å²) in [6, 6.07) is 3.66. The van der Waals surface area contributed by atoms with Gasteiger partial charge in [-0.15, -0.1) is 0 Å². The molecular formula is C17H19N3O2. The van der Waals surface area contributed by atoms with Crippen molar-refractivity contribution in [3.05, 3.63) is 54.5 Å². The van der Waals surface area contributed by atoms with Gasteiger partial charge in [0.1, 0.15) is 5.76 Å². The summed E-state index contributed by atoms with van der Waals surface area (Å²) in [7, 11) is 0. The summed E-state index contributed by atoms with van der Waals surface area (Å²) in [5.41, 5.74) is 0. The molecule has 2 atom stereocenters. The second kappa shape index (κ2) is 5.48. The Morgan fingerprint density at radius 3 is 2.68 bits per heavy atom. The predicted octanol–water partition coefficient (Wildman–Crippen LogP) is 2.56. The zero-order valence-electron chi connectivity index (χ0n) is 12.4. The standard InChI is InChI=1S/C17H19N3O2/c21-17(20-9-13-3-1-2-4-14(13)10-20)16-6-5-15(22-16)11-19-8-7-18-12-19/h1-2,5-8,12-14H,3-4,9-11H2/t13-,14+. The molecule has 5 nitrogen and oxygen atoms in total. The van der Waals surface area contributed by atoms with Crippen LogP contribution in [0.25, 0.3) is 0 Å². The first kappa shape index (κ1) is 13.4. The minimum absolute atomic E-state index is 0.0197. The van der Waals surface area contributed by atoms with Crippen molar-refractivity contribution in [3.63, 3.8) is 0 Å². The topological polar surface area (TPSA) is 51.3 Å². The fourth-order valence-corrected chi connectivity index (χ4v) is 3.47. The summed E-state index contributed by atoms with van der Waals surface area (Å²) in [6.45, 7) is 2.30. The van der Waals surface area contributed by atoms with Gasteiger partial charge >= 0.3 is 0 Å². The lowest BCUT2D eigenvalue weighted by atomic mass is 9.86. The molecule has 0 saturated carbocycles. The number of amides is 1. The minimum atomic E-state index is 0.0197. The van der Waals surface area contributed by atoms with Crippen LogP contribution in [0.2, 0.25) is 0 Å². The van der Waals surface area contributed by atoms with Crippen LogP contribution in [0.15, 0.2) is 47.4 Å². The maximum atomic E-state index is 12.6. The van der Waals surface area contributed by atoms with E-state index in [1.54, 1.807) is 18.6 Å². The van der Waals surface area contributed by atoms with Crippen molar-refractivity contribution >= 4 is 5.91 Å². The summed E-state index contributed by atoms with van der Waals surface area (Å²) < 4.78 is 7.65. The fraction of sp³-hybridized carbons (Fsp3) is 0.412. The third-order valence-corrected chi connectivity index (χ3v) is 4.68. The number of carbonyl (C=O) groups excluding carboxylic acids is 1. The van der Waals surface area contributed by atoms with Gasteiger partial charge in [-0.2, -0.15) is 0 Å². The second-order valence-corrected chi connectivity index (χ2v) is 6.17. The van der Waals surface area contributed by atoms with Crippen LogP contribution < -0.4 is 0 Å². The number of carbonyl (C=O) groups is 1. The number of rotatable bonds is 3. The van der Waals surface area contributed by atoms with Crippen LogP contribution in [0.4, 0.5) is 0 Å². The van der Waals surface area contributed by atoms with Crippen LogP contribution in [0.5, 0.6) is 0 Å². The first-order chi connectivity index (χ1) is 10.8. The van der Waals surface area contributed by atoms with Crippen molar-refractivity contribution < 1.29 is 9.21 Å². The highest BCUT2D eigenvalue weighted by atomic mass is 16.4. The molecule has 22 heavy (non-hydrogen) atoms. The molecule has 0 N–H and O–H groups in total. The number of furan rings is 1. The van der Waals surface area contributed by atoms with Gasteiger partial charge in [0.05, 0.1) is 12.9 Å². The van der Waals surface area contributed by atoms with Gasteiger partial charge in [0.15, 0.2) is 5.76 Å². The van der Waals surface area contributed by atoms with E-state index in [1.807, 2.05) is 21.7 Å². The molecule has 0 unspecified atom stereocenters. The van der Waals surface area contributed by atoms with Crippen molar-refractivity contribution in [2.24, 2.45) is 11.8 Å². The second-order valence-electron chi connectivity index (χ2n) is 6.17. The smallest absolute Gasteiger partial charge is 0.289 e. The average molecular weight is 297 g/mol. The van der Waals surface area contributed by atoms with Crippen molar-refractivity contribution in [1.82, 2.24) is 14.5 Å². The maximum absolute atomic E-state index is 12.6. The van der Waals surface area contributed by atoms with E-state index in [9.17, 15) is 4.79 Å². The number of fused-ring (bicyclic) bond motifs is 1. The number of hydrogen-bond acceptors (Lipinski definition) is 3.